The minimum Gasteiger partial charge on any atom is -0.339 e. The van der Waals surface area contributed by atoms with E-state index in [1.807, 2.05) is 12.1 Å². The third kappa shape index (κ3) is 2.91. The first-order chi connectivity index (χ1) is 9.74. The van der Waals surface area contributed by atoms with Gasteiger partial charge in [-0.3, -0.25) is 4.98 Å². The highest BCUT2D eigenvalue weighted by Crippen LogP contribution is 2.28. The molecule has 3 rings (SSSR count). The number of nitrogens with zero attached hydrogens (tertiary/aromatic N) is 3. The molecule has 5 nitrogen and oxygen atoms in total. The van der Waals surface area contributed by atoms with Gasteiger partial charge in [-0.1, -0.05) is 18.0 Å². The van der Waals surface area contributed by atoms with E-state index in [0.29, 0.717) is 29.7 Å². The average Bonchev–Trinajstić information content (AvgIpc) is 3.10. The Hall–Kier alpha value is -1.27. The van der Waals surface area contributed by atoms with Crippen molar-refractivity contribution in [2.45, 2.75) is 38.1 Å². The van der Waals surface area contributed by atoms with Crippen LogP contribution in [0.2, 0.25) is 0 Å². The molecule has 106 valence electrons. The van der Waals surface area contributed by atoms with Gasteiger partial charge in [0.2, 0.25) is 11.7 Å². The number of aromatic nitrogens is 3. The van der Waals surface area contributed by atoms with Crippen LogP contribution >= 0.6 is 15.9 Å². The first-order valence-corrected chi connectivity index (χ1v) is 7.72. The van der Waals surface area contributed by atoms with Gasteiger partial charge in [-0.2, -0.15) is 4.98 Å². The minimum atomic E-state index is 0.109. The summed E-state index contributed by atoms with van der Waals surface area (Å²) in [5.41, 5.74) is 6.93. The van der Waals surface area contributed by atoms with Gasteiger partial charge < -0.3 is 10.3 Å². The van der Waals surface area contributed by atoms with Crippen LogP contribution in [0, 0.1) is 5.92 Å². The van der Waals surface area contributed by atoms with Crippen molar-refractivity contribution in [2.24, 2.45) is 11.7 Å². The molecule has 1 fully saturated rings. The van der Waals surface area contributed by atoms with Gasteiger partial charge in [0.1, 0.15) is 5.69 Å². The molecule has 2 aromatic heterocycles. The molecule has 6 heteroatoms. The monoisotopic (exact) mass is 336 g/mol. The van der Waals surface area contributed by atoms with Gasteiger partial charge in [-0.15, -0.1) is 0 Å². The highest BCUT2D eigenvalue weighted by molar-refractivity contribution is 9.10. The van der Waals surface area contributed by atoms with E-state index in [-0.39, 0.29) is 6.04 Å². The van der Waals surface area contributed by atoms with Crippen LogP contribution in [0.5, 0.6) is 0 Å². The number of pyridine rings is 1. The zero-order chi connectivity index (χ0) is 13.9. The Morgan fingerprint density at radius 2 is 2.20 bits per heavy atom. The quantitative estimate of drug-likeness (QED) is 0.928. The van der Waals surface area contributed by atoms with Gasteiger partial charge in [-0.25, -0.2) is 0 Å². The fraction of sp³-hybridized carbons (Fsp3) is 0.500. The van der Waals surface area contributed by atoms with E-state index in [0.717, 1.165) is 4.47 Å². The lowest BCUT2D eigenvalue weighted by Gasteiger charge is -2.16. The van der Waals surface area contributed by atoms with Gasteiger partial charge in [0.25, 0.3) is 0 Å². The maximum atomic E-state index is 6.24. The van der Waals surface area contributed by atoms with Crippen LogP contribution in [0.1, 0.15) is 31.6 Å². The topological polar surface area (TPSA) is 77.8 Å². The molecule has 1 atom stereocenters. The standard InChI is InChI=1S/C14H17BrN4O/c15-10-6-3-7-17-13(10)14-18-12(20-19-14)8-11(16)9-4-1-2-5-9/h3,6-7,9,11H,1-2,4-5,8,16H2. The van der Waals surface area contributed by atoms with Crippen LogP contribution in [0.15, 0.2) is 27.3 Å². The Bertz CT molecular complexity index is 580. The summed E-state index contributed by atoms with van der Waals surface area (Å²) in [5, 5.41) is 3.99. The largest absolute Gasteiger partial charge is 0.339 e. The third-order valence-electron chi connectivity index (χ3n) is 3.85. The molecular weight excluding hydrogens is 320 g/mol. The van der Waals surface area contributed by atoms with Crippen LogP contribution in [0.4, 0.5) is 0 Å². The Kier molecular flexibility index (Phi) is 4.12. The van der Waals surface area contributed by atoms with E-state index in [2.05, 4.69) is 31.1 Å². The number of nitrogens with two attached hydrogens (primary N) is 1. The second-order valence-corrected chi connectivity index (χ2v) is 6.11. The molecule has 1 unspecified atom stereocenters. The van der Waals surface area contributed by atoms with Crippen molar-refractivity contribution in [3.05, 3.63) is 28.7 Å². The summed E-state index contributed by atoms with van der Waals surface area (Å²) in [6.07, 6.45) is 7.35. The van der Waals surface area contributed by atoms with E-state index in [9.17, 15) is 0 Å². The lowest BCUT2D eigenvalue weighted by atomic mass is 9.96. The third-order valence-corrected chi connectivity index (χ3v) is 4.49. The van der Waals surface area contributed by atoms with Crippen molar-refractivity contribution in [1.82, 2.24) is 15.1 Å². The summed E-state index contributed by atoms with van der Waals surface area (Å²) >= 11 is 3.44. The van der Waals surface area contributed by atoms with Gasteiger partial charge in [-0.05, 0) is 46.8 Å². The number of hydrogen-bond donors (Lipinski definition) is 1. The molecule has 0 radical (unpaired) electrons. The predicted octanol–water partition coefficient (Wildman–Crippen LogP) is 2.95. The molecule has 0 spiro atoms. The Balaban J connectivity index is 1.72. The van der Waals surface area contributed by atoms with Crippen molar-refractivity contribution in [3.63, 3.8) is 0 Å². The van der Waals surface area contributed by atoms with Crippen LogP contribution in [-0.4, -0.2) is 21.2 Å². The minimum absolute atomic E-state index is 0.109. The fourth-order valence-corrected chi connectivity index (χ4v) is 3.17. The van der Waals surface area contributed by atoms with Crippen molar-refractivity contribution in [1.29, 1.82) is 0 Å². The molecule has 1 aliphatic rings. The van der Waals surface area contributed by atoms with E-state index < -0.39 is 0 Å². The second-order valence-electron chi connectivity index (χ2n) is 5.26. The summed E-state index contributed by atoms with van der Waals surface area (Å²) in [5.74, 6) is 1.69. The summed E-state index contributed by atoms with van der Waals surface area (Å²) in [6.45, 7) is 0. The molecule has 0 amide bonds. The summed E-state index contributed by atoms with van der Waals surface area (Å²) in [4.78, 5) is 8.66. The number of rotatable bonds is 4. The first kappa shape index (κ1) is 13.7. The fourth-order valence-electron chi connectivity index (χ4n) is 2.74. The molecular formula is C14H17BrN4O. The lowest BCUT2D eigenvalue weighted by molar-refractivity contribution is 0.341. The Morgan fingerprint density at radius 3 is 2.95 bits per heavy atom. The van der Waals surface area contributed by atoms with Gasteiger partial charge in [0.05, 0.1) is 0 Å². The molecule has 0 aliphatic heterocycles. The summed E-state index contributed by atoms with van der Waals surface area (Å²) in [6, 6.07) is 3.87. The van der Waals surface area contributed by atoms with Crippen molar-refractivity contribution < 1.29 is 4.52 Å². The average molecular weight is 337 g/mol. The number of hydrogen-bond acceptors (Lipinski definition) is 5. The lowest BCUT2D eigenvalue weighted by Crippen LogP contribution is -2.30. The molecule has 0 bridgehead atoms. The van der Waals surface area contributed by atoms with Gasteiger partial charge >= 0.3 is 0 Å². The van der Waals surface area contributed by atoms with Crippen LogP contribution < -0.4 is 5.73 Å². The molecule has 20 heavy (non-hydrogen) atoms. The van der Waals surface area contributed by atoms with E-state index >= 15 is 0 Å². The zero-order valence-electron chi connectivity index (χ0n) is 11.1. The zero-order valence-corrected chi connectivity index (χ0v) is 12.7. The second kappa shape index (κ2) is 6.01. The maximum absolute atomic E-state index is 6.24. The molecule has 2 aromatic rings. The molecule has 1 saturated carbocycles. The Morgan fingerprint density at radius 1 is 1.40 bits per heavy atom. The van der Waals surface area contributed by atoms with Gasteiger partial charge in [0.15, 0.2) is 0 Å². The highest BCUT2D eigenvalue weighted by Gasteiger charge is 2.24. The molecule has 0 aromatic carbocycles. The van der Waals surface area contributed by atoms with E-state index in [4.69, 9.17) is 10.3 Å². The maximum Gasteiger partial charge on any atom is 0.228 e. The molecule has 2 N–H and O–H groups in total. The highest BCUT2D eigenvalue weighted by atomic mass is 79.9. The van der Waals surface area contributed by atoms with Crippen molar-refractivity contribution >= 4 is 15.9 Å². The molecule has 0 saturated heterocycles. The molecule has 2 heterocycles. The van der Waals surface area contributed by atoms with Crippen molar-refractivity contribution in [3.8, 4) is 11.5 Å². The Labute approximate surface area is 126 Å². The smallest absolute Gasteiger partial charge is 0.228 e. The van der Waals surface area contributed by atoms with E-state index in [1.54, 1.807) is 6.20 Å². The molecule has 1 aliphatic carbocycles. The SMILES string of the molecule is NC(Cc1nc(-c2ncccc2Br)no1)C1CCCC1. The van der Waals surface area contributed by atoms with Crippen LogP contribution in [0.3, 0.4) is 0 Å². The normalized spacial score (nSPS) is 17.5. The van der Waals surface area contributed by atoms with Crippen LogP contribution in [0.25, 0.3) is 11.5 Å². The predicted molar refractivity (Wildman–Crippen MR) is 78.9 cm³/mol. The van der Waals surface area contributed by atoms with Crippen LogP contribution in [-0.2, 0) is 6.42 Å². The number of halogens is 1. The van der Waals surface area contributed by atoms with E-state index in [1.165, 1.54) is 25.7 Å². The summed E-state index contributed by atoms with van der Waals surface area (Å²) in [7, 11) is 0. The summed E-state index contributed by atoms with van der Waals surface area (Å²) < 4.78 is 6.16. The first-order valence-electron chi connectivity index (χ1n) is 6.93. The van der Waals surface area contributed by atoms with Gasteiger partial charge in [0, 0.05) is 23.1 Å². The van der Waals surface area contributed by atoms with Crippen molar-refractivity contribution in [2.75, 3.05) is 0 Å².